The molecule has 4 N–H and O–H groups in total. The van der Waals surface area contributed by atoms with E-state index in [1.165, 1.54) is 38.5 Å². The van der Waals surface area contributed by atoms with Gasteiger partial charge in [-0.1, -0.05) is 51.9 Å². The first-order chi connectivity index (χ1) is 9.20. The van der Waals surface area contributed by atoms with Crippen LogP contribution in [-0.4, -0.2) is 46.7 Å². The maximum atomic E-state index is 9.86. The number of rotatable bonds is 9. The van der Waals surface area contributed by atoms with Gasteiger partial charge < -0.3 is 20.6 Å². The van der Waals surface area contributed by atoms with E-state index in [4.69, 9.17) is 0 Å². The Labute approximate surface area is 117 Å². The summed E-state index contributed by atoms with van der Waals surface area (Å²) in [6.07, 6.45) is 8.33. The molecule has 114 valence electrons. The minimum absolute atomic E-state index is 0.0631. The van der Waals surface area contributed by atoms with Gasteiger partial charge in [0.15, 0.2) is 0 Å². The maximum absolute atomic E-state index is 9.86. The molecule has 1 saturated heterocycles. The first kappa shape index (κ1) is 16.9. The van der Waals surface area contributed by atoms with Crippen LogP contribution in [0.25, 0.3) is 0 Å². The molecule has 0 aromatic heterocycles. The molecule has 4 atom stereocenters. The molecular formula is C15H31NO3. The van der Waals surface area contributed by atoms with Crippen LogP contribution in [0.15, 0.2) is 0 Å². The molecule has 1 fully saturated rings. The quantitative estimate of drug-likeness (QED) is 0.480. The molecule has 0 spiro atoms. The van der Waals surface area contributed by atoms with Gasteiger partial charge in [0.05, 0.1) is 12.2 Å². The van der Waals surface area contributed by atoms with Gasteiger partial charge in [0.1, 0.15) is 0 Å². The van der Waals surface area contributed by atoms with Crippen molar-refractivity contribution in [3.8, 4) is 0 Å². The van der Waals surface area contributed by atoms with Gasteiger partial charge >= 0.3 is 0 Å². The van der Waals surface area contributed by atoms with E-state index in [-0.39, 0.29) is 18.6 Å². The molecule has 4 nitrogen and oxygen atoms in total. The van der Waals surface area contributed by atoms with Gasteiger partial charge in [-0.15, -0.1) is 0 Å². The molecule has 1 heterocycles. The van der Waals surface area contributed by atoms with Crippen molar-refractivity contribution >= 4 is 0 Å². The standard InChI is InChI=1S/C15H31NO3/c1-2-3-4-5-6-7-8-9-13-12(11-17)15(19)14(18)10-16-13/h12-19H,2-11H2,1H3/t12?,13-,14-,15-/m1/s1. The normalized spacial score (nSPS) is 31.6. The lowest BCUT2D eigenvalue weighted by Gasteiger charge is -2.38. The summed E-state index contributed by atoms with van der Waals surface area (Å²) in [5.41, 5.74) is 0. The van der Waals surface area contributed by atoms with E-state index >= 15 is 0 Å². The van der Waals surface area contributed by atoms with Gasteiger partial charge in [-0.3, -0.25) is 0 Å². The Morgan fingerprint density at radius 1 is 1.00 bits per heavy atom. The van der Waals surface area contributed by atoms with Crippen molar-refractivity contribution in [2.75, 3.05) is 13.2 Å². The van der Waals surface area contributed by atoms with Crippen LogP contribution in [-0.2, 0) is 0 Å². The molecule has 1 aliphatic rings. The lowest BCUT2D eigenvalue weighted by molar-refractivity contribution is -0.0679. The Kier molecular flexibility index (Phi) is 8.62. The summed E-state index contributed by atoms with van der Waals surface area (Å²) in [5.74, 6) is -0.233. The first-order valence-corrected chi connectivity index (χ1v) is 7.91. The lowest BCUT2D eigenvalue weighted by Crippen LogP contribution is -2.57. The van der Waals surface area contributed by atoms with Crippen LogP contribution in [0.3, 0.4) is 0 Å². The smallest absolute Gasteiger partial charge is 0.0927 e. The first-order valence-electron chi connectivity index (χ1n) is 7.91. The minimum Gasteiger partial charge on any atom is -0.396 e. The van der Waals surface area contributed by atoms with E-state index in [0.29, 0.717) is 6.54 Å². The highest BCUT2D eigenvalue weighted by molar-refractivity contribution is 4.91. The average molecular weight is 273 g/mol. The van der Waals surface area contributed by atoms with Gasteiger partial charge in [0, 0.05) is 25.1 Å². The molecule has 0 radical (unpaired) electrons. The monoisotopic (exact) mass is 273 g/mol. The van der Waals surface area contributed by atoms with Crippen molar-refractivity contribution in [2.24, 2.45) is 5.92 Å². The number of hydrogen-bond donors (Lipinski definition) is 4. The summed E-state index contributed by atoms with van der Waals surface area (Å²) < 4.78 is 0. The summed E-state index contributed by atoms with van der Waals surface area (Å²) >= 11 is 0. The Balaban J connectivity index is 2.14. The van der Waals surface area contributed by atoms with E-state index < -0.39 is 12.2 Å². The third kappa shape index (κ3) is 5.78. The fourth-order valence-electron chi connectivity index (χ4n) is 2.94. The second-order valence-electron chi connectivity index (χ2n) is 5.83. The van der Waals surface area contributed by atoms with Crippen LogP contribution < -0.4 is 5.32 Å². The third-order valence-corrected chi connectivity index (χ3v) is 4.27. The molecule has 0 aliphatic carbocycles. The van der Waals surface area contributed by atoms with E-state index in [1.807, 2.05) is 0 Å². The molecule has 0 amide bonds. The predicted molar refractivity (Wildman–Crippen MR) is 77.0 cm³/mol. The zero-order valence-electron chi connectivity index (χ0n) is 12.2. The highest BCUT2D eigenvalue weighted by atomic mass is 16.3. The minimum atomic E-state index is -0.791. The summed E-state index contributed by atoms with van der Waals surface area (Å²) in [6, 6.07) is 0.138. The highest BCUT2D eigenvalue weighted by Crippen LogP contribution is 2.22. The Bertz CT molecular complexity index is 225. The fraction of sp³-hybridized carbons (Fsp3) is 1.00. The summed E-state index contributed by atoms with van der Waals surface area (Å²) in [7, 11) is 0. The van der Waals surface area contributed by atoms with E-state index in [0.717, 1.165) is 12.8 Å². The van der Waals surface area contributed by atoms with E-state index in [9.17, 15) is 15.3 Å². The fourth-order valence-corrected chi connectivity index (χ4v) is 2.94. The zero-order valence-corrected chi connectivity index (χ0v) is 12.2. The van der Waals surface area contributed by atoms with Gasteiger partial charge in [-0.25, -0.2) is 0 Å². The largest absolute Gasteiger partial charge is 0.396 e. The Morgan fingerprint density at radius 2 is 1.63 bits per heavy atom. The van der Waals surface area contributed by atoms with Gasteiger partial charge in [-0.05, 0) is 6.42 Å². The van der Waals surface area contributed by atoms with Crippen LogP contribution in [0.2, 0.25) is 0 Å². The molecule has 1 aliphatic heterocycles. The molecule has 0 bridgehead atoms. The predicted octanol–water partition coefficient (Wildman–Crippen LogP) is 1.43. The molecule has 0 aromatic rings. The lowest BCUT2D eigenvalue weighted by atomic mass is 9.84. The van der Waals surface area contributed by atoms with E-state index in [1.54, 1.807) is 0 Å². The highest BCUT2D eigenvalue weighted by Gasteiger charge is 2.36. The molecule has 1 rings (SSSR count). The average Bonchev–Trinajstić information content (AvgIpc) is 2.42. The number of nitrogens with one attached hydrogen (secondary N) is 1. The number of aliphatic hydroxyl groups is 3. The molecule has 19 heavy (non-hydrogen) atoms. The van der Waals surface area contributed by atoms with Gasteiger partial charge in [0.25, 0.3) is 0 Å². The summed E-state index contributed by atoms with van der Waals surface area (Å²) in [4.78, 5) is 0. The van der Waals surface area contributed by atoms with Crippen molar-refractivity contribution in [2.45, 2.75) is 76.5 Å². The molecular weight excluding hydrogens is 242 g/mol. The number of hydrogen-bond acceptors (Lipinski definition) is 4. The molecule has 1 unspecified atom stereocenters. The molecule has 4 heteroatoms. The summed E-state index contributed by atoms with van der Waals surface area (Å²) in [6.45, 7) is 2.59. The second-order valence-corrected chi connectivity index (χ2v) is 5.83. The summed E-state index contributed by atoms with van der Waals surface area (Å²) in [5, 5.41) is 32.0. The SMILES string of the molecule is CCCCCCCCC[C@H]1NC[C@@H](O)[C@H](O)C1CO. The third-order valence-electron chi connectivity index (χ3n) is 4.27. The van der Waals surface area contributed by atoms with Crippen LogP contribution in [0.4, 0.5) is 0 Å². The van der Waals surface area contributed by atoms with Crippen LogP contribution in [0, 0.1) is 5.92 Å². The maximum Gasteiger partial charge on any atom is 0.0927 e. The van der Waals surface area contributed by atoms with Gasteiger partial charge in [0.2, 0.25) is 0 Å². The number of unbranched alkanes of at least 4 members (excludes halogenated alkanes) is 6. The number of piperidine rings is 1. The zero-order chi connectivity index (χ0) is 14.1. The van der Waals surface area contributed by atoms with Crippen molar-refractivity contribution in [1.29, 1.82) is 0 Å². The van der Waals surface area contributed by atoms with Crippen LogP contribution in [0.5, 0.6) is 0 Å². The second kappa shape index (κ2) is 9.70. The number of aliphatic hydroxyl groups excluding tert-OH is 3. The van der Waals surface area contributed by atoms with Gasteiger partial charge in [-0.2, -0.15) is 0 Å². The molecule has 0 saturated carbocycles. The van der Waals surface area contributed by atoms with E-state index in [2.05, 4.69) is 12.2 Å². The Hall–Kier alpha value is -0.160. The number of β-amino-alcohol motifs (C(OH)–C–C–N with tert-alkyl or cyclic N) is 1. The molecule has 0 aromatic carbocycles. The topological polar surface area (TPSA) is 72.7 Å². The Morgan fingerprint density at radius 3 is 2.26 bits per heavy atom. The van der Waals surface area contributed by atoms with Crippen LogP contribution >= 0.6 is 0 Å². The van der Waals surface area contributed by atoms with Crippen molar-refractivity contribution in [3.63, 3.8) is 0 Å². The van der Waals surface area contributed by atoms with Crippen molar-refractivity contribution in [3.05, 3.63) is 0 Å². The van der Waals surface area contributed by atoms with Crippen molar-refractivity contribution in [1.82, 2.24) is 5.32 Å². The van der Waals surface area contributed by atoms with Crippen molar-refractivity contribution < 1.29 is 15.3 Å². The van der Waals surface area contributed by atoms with Crippen LogP contribution in [0.1, 0.15) is 58.3 Å².